The van der Waals surface area contributed by atoms with Crippen LogP contribution in [-0.4, -0.2) is 36.8 Å². The Balaban J connectivity index is 1.57. The van der Waals surface area contributed by atoms with Crippen LogP contribution in [0.4, 0.5) is 0 Å². The average Bonchev–Trinajstić information content (AvgIpc) is 3.15. The minimum atomic E-state index is 0.417. The molecule has 1 heterocycles. The van der Waals surface area contributed by atoms with Gasteiger partial charge >= 0.3 is 0 Å². The van der Waals surface area contributed by atoms with Crippen molar-refractivity contribution < 1.29 is 18.6 Å². The van der Waals surface area contributed by atoms with Crippen molar-refractivity contribution in [2.75, 3.05) is 26.6 Å². The monoisotopic (exact) mass is 392 g/mol. The van der Waals surface area contributed by atoms with E-state index in [9.17, 15) is 0 Å². The predicted molar refractivity (Wildman–Crippen MR) is 101 cm³/mol. The van der Waals surface area contributed by atoms with E-state index in [0.717, 1.165) is 5.56 Å². The van der Waals surface area contributed by atoms with Gasteiger partial charge in [-0.05, 0) is 30.3 Å². The molecule has 0 spiro atoms. The fraction of sp³-hybridized carbons (Fsp3) is 0.222. The van der Waals surface area contributed by atoms with E-state index in [1.54, 1.807) is 32.4 Å². The molecule has 0 N–H and O–H groups in total. The van der Waals surface area contributed by atoms with Crippen LogP contribution in [0.2, 0.25) is 5.02 Å². The molecule has 26 heavy (non-hydrogen) atoms. The average molecular weight is 393 g/mol. The smallest absolute Gasteiger partial charge is 0.276 e. The zero-order chi connectivity index (χ0) is 18.4. The maximum Gasteiger partial charge on any atom is 0.276 e. The minimum Gasteiger partial charge on any atom is -0.493 e. The van der Waals surface area contributed by atoms with Gasteiger partial charge in [0.2, 0.25) is 5.89 Å². The van der Waals surface area contributed by atoms with Crippen molar-refractivity contribution in [3.8, 4) is 28.7 Å². The van der Waals surface area contributed by atoms with Crippen molar-refractivity contribution in [3.05, 3.63) is 47.5 Å². The number of para-hydroxylation sites is 1. The van der Waals surface area contributed by atoms with E-state index >= 15 is 0 Å². The van der Waals surface area contributed by atoms with Crippen molar-refractivity contribution in [2.45, 2.75) is 5.22 Å². The Morgan fingerprint density at radius 1 is 1.00 bits per heavy atom. The number of rotatable bonds is 8. The first-order chi connectivity index (χ1) is 12.7. The Labute approximate surface area is 160 Å². The SMILES string of the molecule is COc1ccc(-c2nnc(SCCOc3ccccc3Cl)o2)cc1OC. The standard InChI is InChI=1S/C18H17ClN2O4S/c1-22-15-8-7-12(11-16(15)23-2)17-20-21-18(25-17)26-10-9-24-14-6-4-3-5-13(14)19/h3-8,11H,9-10H2,1-2H3. The van der Waals surface area contributed by atoms with Gasteiger partial charge in [-0.3, -0.25) is 0 Å². The molecule has 0 saturated heterocycles. The number of aromatic nitrogens is 2. The largest absolute Gasteiger partial charge is 0.493 e. The van der Waals surface area contributed by atoms with E-state index in [4.69, 9.17) is 30.2 Å². The summed E-state index contributed by atoms with van der Waals surface area (Å²) >= 11 is 7.46. The summed E-state index contributed by atoms with van der Waals surface area (Å²) in [5.74, 6) is 2.97. The molecule has 6 nitrogen and oxygen atoms in total. The van der Waals surface area contributed by atoms with Gasteiger partial charge in [0, 0.05) is 11.3 Å². The second-order valence-corrected chi connectivity index (χ2v) is 6.52. The van der Waals surface area contributed by atoms with Gasteiger partial charge < -0.3 is 18.6 Å². The second-order valence-electron chi connectivity index (χ2n) is 5.07. The number of halogens is 1. The molecule has 3 aromatic rings. The summed E-state index contributed by atoms with van der Waals surface area (Å²) in [6.45, 7) is 0.475. The normalized spacial score (nSPS) is 10.6. The summed E-state index contributed by atoms with van der Waals surface area (Å²) < 4.78 is 21.8. The van der Waals surface area contributed by atoms with Crippen molar-refractivity contribution >= 4 is 23.4 Å². The van der Waals surface area contributed by atoms with Crippen LogP contribution in [0.1, 0.15) is 0 Å². The molecule has 0 unspecified atom stereocenters. The van der Waals surface area contributed by atoms with Crippen LogP contribution in [0.15, 0.2) is 52.1 Å². The Kier molecular flexibility index (Phi) is 6.25. The number of ether oxygens (including phenoxy) is 3. The van der Waals surface area contributed by atoms with Gasteiger partial charge in [0.15, 0.2) is 11.5 Å². The Morgan fingerprint density at radius 3 is 2.58 bits per heavy atom. The molecule has 0 saturated carbocycles. The van der Waals surface area contributed by atoms with Crippen molar-refractivity contribution in [3.63, 3.8) is 0 Å². The lowest BCUT2D eigenvalue weighted by molar-refractivity contribution is 0.343. The first-order valence-corrected chi connectivity index (χ1v) is 9.13. The lowest BCUT2D eigenvalue weighted by atomic mass is 10.2. The number of hydrogen-bond acceptors (Lipinski definition) is 7. The second kappa shape index (κ2) is 8.82. The molecule has 0 radical (unpaired) electrons. The maximum absolute atomic E-state index is 6.05. The van der Waals surface area contributed by atoms with E-state index < -0.39 is 0 Å². The highest BCUT2D eigenvalue weighted by Crippen LogP contribution is 2.32. The summed E-state index contributed by atoms with van der Waals surface area (Å²) in [5.41, 5.74) is 0.759. The molecular weight excluding hydrogens is 376 g/mol. The topological polar surface area (TPSA) is 66.6 Å². The Hall–Kier alpha value is -2.38. The lowest BCUT2D eigenvalue weighted by Crippen LogP contribution is -2.00. The third kappa shape index (κ3) is 4.42. The third-order valence-corrected chi connectivity index (χ3v) is 4.54. The molecule has 1 aromatic heterocycles. The van der Waals surface area contributed by atoms with Gasteiger partial charge in [0.1, 0.15) is 5.75 Å². The number of benzene rings is 2. The zero-order valence-electron chi connectivity index (χ0n) is 14.3. The Bertz CT molecular complexity index is 872. The van der Waals surface area contributed by atoms with E-state index in [0.29, 0.717) is 45.7 Å². The van der Waals surface area contributed by atoms with Crippen LogP contribution in [0.25, 0.3) is 11.5 Å². The quantitative estimate of drug-likeness (QED) is 0.410. The summed E-state index contributed by atoms with van der Waals surface area (Å²) in [6.07, 6.45) is 0. The number of methoxy groups -OCH3 is 2. The van der Waals surface area contributed by atoms with E-state index in [1.165, 1.54) is 11.8 Å². The molecule has 0 aliphatic heterocycles. The third-order valence-electron chi connectivity index (χ3n) is 3.44. The molecule has 0 aliphatic rings. The van der Waals surface area contributed by atoms with Gasteiger partial charge in [-0.2, -0.15) is 0 Å². The first-order valence-electron chi connectivity index (χ1n) is 7.77. The van der Waals surface area contributed by atoms with Crippen LogP contribution in [0.3, 0.4) is 0 Å². The van der Waals surface area contributed by atoms with Crippen LogP contribution in [0.5, 0.6) is 17.2 Å². The summed E-state index contributed by atoms with van der Waals surface area (Å²) in [6, 6.07) is 12.8. The van der Waals surface area contributed by atoms with E-state index in [1.807, 2.05) is 24.3 Å². The van der Waals surface area contributed by atoms with Gasteiger partial charge in [0.05, 0.1) is 25.8 Å². The molecule has 0 amide bonds. The Morgan fingerprint density at radius 2 is 1.81 bits per heavy atom. The van der Waals surface area contributed by atoms with Crippen LogP contribution in [0, 0.1) is 0 Å². The molecule has 0 aliphatic carbocycles. The van der Waals surface area contributed by atoms with E-state index in [-0.39, 0.29) is 0 Å². The fourth-order valence-electron chi connectivity index (χ4n) is 2.20. The van der Waals surface area contributed by atoms with Crippen LogP contribution >= 0.6 is 23.4 Å². The number of nitrogens with zero attached hydrogens (tertiary/aromatic N) is 2. The van der Waals surface area contributed by atoms with Crippen molar-refractivity contribution in [2.24, 2.45) is 0 Å². The molecule has 3 rings (SSSR count). The number of hydrogen-bond donors (Lipinski definition) is 0. The van der Waals surface area contributed by atoms with Crippen molar-refractivity contribution in [1.29, 1.82) is 0 Å². The molecule has 0 bridgehead atoms. The molecule has 8 heteroatoms. The first kappa shape index (κ1) is 18.4. The van der Waals surface area contributed by atoms with Crippen LogP contribution in [-0.2, 0) is 0 Å². The molecule has 0 fully saturated rings. The van der Waals surface area contributed by atoms with Crippen molar-refractivity contribution in [1.82, 2.24) is 10.2 Å². The lowest BCUT2D eigenvalue weighted by Gasteiger charge is -2.07. The van der Waals surface area contributed by atoms with E-state index in [2.05, 4.69) is 10.2 Å². The molecule has 2 aromatic carbocycles. The van der Waals surface area contributed by atoms with Gasteiger partial charge in [-0.1, -0.05) is 35.5 Å². The zero-order valence-corrected chi connectivity index (χ0v) is 15.8. The van der Waals surface area contributed by atoms with Gasteiger partial charge in [0.25, 0.3) is 5.22 Å². The highest BCUT2D eigenvalue weighted by molar-refractivity contribution is 7.99. The van der Waals surface area contributed by atoms with Crippen LogP contribution < -0.4 is 14.2 Å². The highest BCUT2D eigenvalue weighted by atomic mass is 35.5. The molecule has 136 valence electrons. The van der Waals surface area contributed by atoms with Gasteiger partial charge in [-0.25, -0.2) is 0 Å². The minimum absolute atomic E-state index is 0.417. The van der Waals surface area contributed by atoms with Gasteiger partial charge in [-0.15, -0.1) is 10.2 Å². The number of thioether (sulfide) groups is 1. The maximum atomic E-state index is 6.05. The predicted octanol–water partition coefficient (Wildman–Crippen LogP) is 4.58. The molecule has 0 atom stereocenters. The summed E-state index contributed by atoms with van der Waals surface area (Å²) in [5, 5.41) is 9.18. The molecular formula is C18H17ClN2O4S. The fourth-order valence-corrected chi connectivity index (χ4v) is 2.96. The summed E-state index contributed by atoms with van der Waals surface area (Å²) in [7, 11) is 3.17. The summed E-state index contributed by atoms with van der Waals surface area (Å²) in [4.78, 5) is 0. The highest BCUT2D eigenvalue weighted by Gasteiger charge is 2.12.